The Bertz CT molecular complexity index is 1450. The molecule has 0 atom stereocenters. The van der Waals surface area contributed by atoms with Crippen molar-refractivity contribution in [3.63, 3.8) is 0 Å². The van der Waals surface area contributed by atoms with Crippen LogP contribution in [0.25, 0.3) is 16.8 Å². The third-order valence-corrected chi connectivity index (χ3v) is 7.90. The van der Waals surface area contributed by atoms with Gasteiger partial charge in [-0.15, -0.1) is 0 Å². The van der Waals surface area contributed by atoms with Gasteiger partial charge in [-0.05, 0) is 61.1 Å². The van der Waals surface area contributed by atoms with Crippen LogP contribution < -0.4 is 16.4 Å². The molecule has 1 aliphatic carbocycles. The number of nitrogens with zero attached hydrogens (tertiary/aromatic N) is 2. The lowest BCUT2D eigenvalue weighted by Crippen LogP contribution is -2.63. The summed E-state index contributed by atoms with van der Waals surface area (Å²) in [4.78, 5) is 26.5. The Morgan fingerprint density at radius 3 is 2.59 bits per heavy atom. The van der Waals surface area contributed by atoms with Gasteiger partial charge in [-0.3, -0.25) is 14.3 Å². The molecule has 0 bridgehead atoms. The van der Waals surface area contributed by atoms with Crippen molar-refractivity contribution in [1.29, 1.82) is 0 Å². The van der Waals surface area contributed by atoms with E-state index in [4.69, 9.17) is 4.42 Å². The Morgan fingerprint density at radius 1 is 1.18 bits per heavy atom. The molecule has 3 aromatic rings. The number of alkyl halides is 3. The lowest BCUT2D eigenvalue weighted by Gasteiger charge is -2.48. The number of aryl methyl sites for hydroxylation is 1. The third kappa shape index (κ3) is 5.60. The Hall–Kier alpha value is -3.57. The van der Waals surface area contributed by atoms with E-state index < -0.39 is 23.1 Å². The molecule has 2 fully saturated rings. The number of rotatable bonds is 7. The molecule has 1 saturated carbocycles. The molecule has 1 aromatic heterocycles. The smallest absolute Gasteiger partial charge is 0.408 e. The van der Waals surface area contributed by atoms with Gasteiger partial charge < -0.3 is 20.2 Å². The maximum atomic E-state index is 12.9. The first-order valence-corrected chi connectivity index (χ1v) is 12.9. The van der Waals surface area contributed by atoms with Gasteiger partial charge in [0, 0.05) is 31.9 Å². The first kappa shape index (κ1) is 27.0. The van der Waals surface area contributed by atoms with Gasteiger partial charge >= 0.3 is 11.9 Å². The number of carbonyl (C=O) groups excluding carboxylic acids is 1. The minimum atomic E-state index is -4.45. The second-order valence-electron chi connectivity index (χ2n) is 10.5. The van der Waals surface area contributed by atoms with E-state index in [-0.39, 0.29) is 29.8 Å². The molecule has 0 spiro atoms. The number of hydrogen-bond donors (Lipinski definition) is 3. The minimum absolute atomic E-state index is 0.00767. The average molecular weight is 545 g/mol. The average Bonchev–Trinajstić information content (AvgIpc) is 3.17. The first-order valence-electron chi connectivity index (χ1n) is 12.9. The third-order valence-electron chi connectivity index (χ3n) is 7.90. The summed E-state index contributed by atoms with van der Waals surface area (Å²) in [6.45, 7) is 5.07. The SMILES string of the molecule is C=C(NCC(=O)NC1CN([C@H]2CC[C@@](O)(c3ccc4oc(=O)n(C)c4c3)CC2)C1)c1cccc(C(F)(F)F)c1. The number of nitrogens with one attached hydrogen (secondary N) is 2. The highest BCUT2D eigenvalue weighted by atomic mass is 19.4. The van der Waals surface area contributed by atoms with Gasteiger partial charge in [-0.1, -0.05) is 24.8 Å². The summed E-state index contributed by atoms with van der Waals surface area (Å²) >= 11 is 0. The van der Waals surface area contributed by atoms with Crippen molar-refractivity contribution in [2.75, 3.05) is 19.6 Å². The van der Waals surface area contributed by atoms with E-state index >= 15 is 0 Å². The number of carbonyl (C=O) groups is 1. The zero-order valence-electron chi connectivity index (χ0n) is 21.6. The summed E-state index contributed by atoms with van der Waals surface area (Å²) in [6.07, 6.45) is -1.67. The van der Waals surface area contributed by atoms with Crippen LogP contribution in [-0.2, 0) is 23.6 Å². The maximum Gasteiger partial charge on any atom is 0.419 e. The topological polar surface area (TPSA) is 99.7 Å². The van der Waals surface area contributed by atoms with Crippen molar-refractivity contribution in [2.24, 2.45) is 7.05 Å². The van der Waals surface area contributed by atoms with Crippen molar-refractivity contribution < 1.29 is 27.5 Å². The molecule has 1 amide bonds. The van der Waals surface area contributed by atoms with Crippen LogP contribution >= 0.6 is 0 Å². The van der Waals surface area contributed by atoms with Crippen LogP contribution in [0.3, 0.4) is 0 Å². The fraction of sp³-hybridized carbons (Fsp3) is 0.429. The number of hydrogen-bond acceptors (Lipinski definition) is 6. The molecular formula is C28H31F3N4O4. The lowest BCUT2D eigenvalue weighted by molar-refractivity contribution is -0.137. The predicted octanol–water partition coefficient (Wildman–Crippen LogP) is 3.34. The van der Waals surface area contributed by atoms with Crippen molar-refractivity contribution >= 4 is 22.7 Å². The monoisotopic (exact) mass is 544 g/mol. The van der Waals surface area contributed by atoms with Gasteiger partial charge in [-0.25, -0.2) is 4.79 Å². The fourth-order valence-corrected chi connectivity index (χ4v) is 5.50. The van der Waals surface area contributed by atoms with Crippen LogP contribution in [0.5, 0.6) is 0 Å². The Kier molecular flexibility index (Phi) is 7.06. The van der Waals surface area contributed by atoms with Gasteiger partial charge in [0.15, 0.2) is 5.58 Å². The van der Waals surface area contributed by atoms with E-state index in [1.807, 2.05) is 12.1 Å². The highest BCUT2D eigenvalue weighted by Crippen LogP contribution is 2.40. The van der Waals surface area contributed by atoms with Gasteiger partial charge in [-0.2, -0.15) is 13.2 Å². The summed E-state index contributed by atoms with van der Waals surface area (Å²) in [5.74, 6) is -0.691. The van der Waals surface area contributed by atoms with E-state index in [0.717, 1.165) is 30.5 Å². The Labute approximate surface area is 223 Å². The zero-order valence-corrected chi connectivity index (χ0v) is 21.6. The van der Waals surface area contributed by atoms with E-state index in [1.165, 1.54) is 16.7 Å². The summed E-state index contributed by atoms with van der Waals surface area (Å²) in [6, 6.07) is 10.5. The highest BCUT2D eigenvalue weighted by molar-refractivity contribution is 5.80. The zero-order chi connectivity index (χ0) is 27.9. The van der Waals surface area contributed by atoms with Crippen molar-refractivity contribution in [2.45, 2.75) is 49.5 Å². The van der Waals surface area contributed by atoms with Crippen LogP contribution in [0, 0.1) is 0 Å². The first-order chi connectivity index (χ1) is 18.4. The Balaban J connectivity index is 1.06. The van der Waals surface area contributed by atoms with Crippen molar-refractivity contribution in [1.82, 2.24) is 20.1 Å². The molecule has 11 heteroatoms. The van der Waals surface area contributed by atoms with E-state index in [0.29, 0.717) is 43.1 Å². The minimum Gasteiger partial charge on any atom is -0.408 e. The van der Waals surface area contributed by atoms with Gasteiger partial charge in [0.25, 0.3) is 0 Å². The summed E-state index contributed by atoms with van der Waals surface area (Å²) in [5, 5.41) is 17.1. The number of aliphatic hydroxyl groups is 1. The van der Waals surface area contributed by atoms with E-state index in [1.54, 1.807) is 13.1 Å². The largest absolute Gasteiger partial charge is 0.419 e. The number of aromatic nitrogens is 1. The van der Waals surface area contributed by atoms with Gasteiger partial charge in [0.05, 0.1) is 29.3 Å². The molecule has 3 N–H and O–H groups in total. The quantitative estimate of drug-likeness (QED) is 0.422. The number of oxazole rings is 1. The number of amides is 1. The predicted molar refractivity (Wildman–Crippen MR) is 140 cm³/mol. The second-order valence-corrected chi connectivity index (χ2v) is 10.5. The molecule has 1 aliphatic heterocycles. The van der Waals surface area contributed by atoms with Crippen LogP contribution in [-0.4, -0.2) is 52.2 Å². The molecule has 8 nitrogen and oxygen atoms in total. The number of likely N-dealkylation sites (tertiary alicyclic amines) is 1. The molecular weight excluding hydrogens is 513 g/mol. The van der Waals surface area contributed by atoms with Crippen LogP contribution in [0.2, 0.25) is 0 Å². The fourth-order valence-electron chi connectivity index (χ4n) is 5.50. The molecule has 208 valence electrons. The summed E-state index contributed by atoms with van der Waals surface area (Å²) in [5.41, 5.74) is 0.708. The highest BCUT2D eigenvalue weighted by Gasteiger charge is 2.40. The summed E-state index contributed by atoms with van der Waals surface area (Å²) in [7, 11) is 1.64. The number of halogens is 3. The van der Waals surface area contributed by atoms with Crippen LogP contribution in [0.4, 0.5) is 13.2 Å². The lowest BCUT2D eigenvalue weighted by atomic mass is 9.76. The standard InChI is InChI=1S/C28H31F3N4O4/c1-17(18-4-3-5-20(12-18)28(29,30)31)32-14-25(36)33-21-15-35(16-21)22-8-10-27(38,11-9-22)19-6-7-24-23(13-19)34(2)26(37)39-24/h3-7,12-13,21-22,32,38H,1,8-11,14-16H2,2H3,(H,33,36)/t22-,27-. The normalized spacial score (nSPS) is 22.4. The van der Waals surface area contributed by atoms with E-state index in [9.17, 15) is 27.9 Å². The number of benzene rings is 2. The molecule has 0 unspecified atom stereocenters. The van der Waals surface area contributed by atoms with Crippen LogP contribution in [0.1, 0.15) is 42.4 Å². The molecule has 1 saturated heterocycles. The molecule has 5 rings (SSSR count). The molecule has 39 heavy (non-hydrogen) atoms. The molecule has 2 heterocycles. The van der Waals surface area contributed by atoms with Gasteiger partial charge in [0.2, 0.25) is 5.91 Å². The van der Waals surface area contributed by atoms with E-state index in [2.05, 4.69) is 22.1 Å². The van der Waals surface area contributed by atoms with Gasteiger partial charge in [0.1, 0.15) is 0 Å². The molecule has 0 radical (unpaired) electrons. The Morgan fingerprint density at radius 2 is 1.90 bits per heavy atom. The summed E-state index contributed by atoms with van der Waals surface area (Å²) < 4.78 is 45.4. The maximum absolute atomic E-state index is 12.9. The number of fused-ring (bicyclic) bond motifs is 1. The van der Waals surface area contributed by atoms with Crippen LogP contribution in [0.15, 0.2) is 58.3 Å². The molecule has 2 aliphatic rings. The molecule has 2 aromatic carbocycles. The second kappa shape index (κ2) is 10.2. The van der Waals surface area contributed by atoms with Crippen molar-refractivity contribution in [3.05, 3.63) is 76.3 Å². The van der Waals surface area contributed by atoms with Crippen molar-refractivity contribution in [3.8, 4) is 0 Å².